The molecule has 0 saturated heterocycles. The Morgan fingerprint density at radius 2 is 2.42 bits per heavy atom. The van der Waals surface area contributed by atoms with Crippen molar-refractivity contribution in [3.63, 3.8) is 0 Å². The molecule has 1 aromatic heterocycles. The second-order valence-electron chi connectivity index (χ2n) is 2.63. The number of fused-ring (bicyclic) bond motifs is 1. The quantitative estimate of drug-likeness (QED) is 0.604. The van der Waals surface area contributed by atoms with E-state index in [2.05, 4.69) is 9.98 Å². The molecule has 0 unspecified atom stereocenters. The van der Waals surface area contributed by atoms with Crippen LogP contribution < -0.4 is 5.56 Å². The van der Waals surface area contributed by atoms with Crippen molar-refractivity contribution in [1.29, 1.82) is 0 Å². The van der Waals surface area contributed by atoms with Gasteiger partial charge in [-0.1, -0.05) is 6.08 Å². The Morgan fingerprint density at radius 3 is 3.33 bits per heavy atom. The molecule has 0 fully saturated rings. The summed E-state index contributed by atoms with van der Waals surface area (Å²) in [5.74, 6) is 0. The highest BCUT2D eigenvalue weighted by atomic mass is 16.1. The van der Waals surface area contributed by atoms with E-state index in [9.17, 15) is 4.79 Å². The molecule has 3 heteroatoms. The summed E-state index contributed by atoms with van der Waals surface area (Å²) in [6.45, 7) is 0.590. The summed E-state index contributed by atoms with van der Waals surface area (Å²) in [5, 5.41) is 0. The summed E-state index contributed by atoms with van der Waals surface area (Å²) in [6, 6.07) is 1.59. The van der Waals surface area contributed by atoms with Crippen LogP contribution in [0.5, 0.6) is 0 Å². The molecule has 0 atom stereocenters. The first kappa shape index (κ1) is 7.03. The van der Waals surface area contributed by atoms with Gasteiger partial charge in [0.2, 0.25) is 5.56 Å². The topological polar surface area (TPSA) is 45.2 Å². The van der Waals surface area contributed by atoms with E-state index in [0.717, 1.165) is 11.1 Å². The predicted molar refractivity (Wildman–Crippen MR) is 48.3 cm³/mol. The van der Waals surface area contributed by atoms with Crippen LogP contribution in [-0.4, -0.2) is 11.2 Å². The molecular formula is C9H8N2O. The molecule has 60 valence electrons. The van der Waals surface area contributed by atoms with Crippen molar-refractivity contribution >= 4 is 12.3 Å². The van der Waals surface area contributed by atoms with Crippen LogP contribution in [0.25, 0.3) is 6.08 Å². The third-order valence-electron chi connectivity index (χ3n) is 1.77. The lowest BCUT2D eigenvalue weighted by atomic mass is 10.1. The molecule has 1 aliphatic heterocycles. The van der Waals surface area contributed by atoms with Crippen molar-refractivity contribution in [2.45, 2.75) is 6.54 Å². The molecule has 0 spiro atoms. The molecule has 0 bridgehead atoms. The third kappa shape index (κ3) is 1.21. The van der Waals surface area contributed by atoms with Crippen LogP contribution in [0.15, 0.2) is 28.1 Å². The zero-order valence-electron chi connectivity index (χ0n) is 6.45. The smallest absolute Gasteiger partial charge is 0.248 e. The van der Waals surface area contributed by atoms with Crippen molar-refractivity contribution in [3.8, 4) is 0 Å². The number of pyridine rings is 1. The van der Waals surface area contributed by atoms with E-state index in [-0.39, 0.29) is 5.56 Å². The van der Waals surface area contributed by atoms with Gasteiger partial charge in [0.1, 0.15) is 0 Å². The van der Waals surface area contributed by atoms with Gasteiger partial charge in [-0.3, -0.25) is 9.79 Å². The van der Waals surface area contributed by atoms with Gasteiger partial charge < -0.3 is 4.98 Å². The van der Waals surface area contributed by atoms with Crippen LogP contribution >= 0.6 is 0 Å². The second kappa shape index (κ2) is 2.77. The molecule has 3 nitrogen and oxygen atoms in total. The number of H-pyrrole nitrogens is 1. The molecule has 2 heterocycles. The van der Waals surface area contributed by atoms with E-state index in [4.69, 9.17) is 0 Å². The summed E-state index contributed by atoms with van der Waals surface area (Å²) in [7, 11) is 0. The van der Waals surface area contributed by atoms with Gasteiger partial charge in [-0.2, -0.15) is 0 Å². The van der Waals surface area contributed by atoms with Gasteiger partial charge in [-0.05, 0) is 17.2 Å². The van der Waals surface area contributed by atoms with E-state index >= 15 is 0 Å². The van der Waals surface area contributed by atoms with Crippen molar-refractivity contribution < 1.29 is 0 Å². The molecule has 0 aliphatic carbocycles. The highest BCUT2D eigenvalue weighted by molar-refractivity contribution is 5.79. The van der Waals surface area contributed by atoms with E-state index in [1.54, 1.807) is 18.5 Å². The minimum atomic E-state index is -0.0701. The summed E-state index contributed by atoms with van der Waals surface area (Å²) >= 11 is 0. The average molecular weight is 160 g/mol. The van der Waals surface area contributed by atoms with Crippen LogP contribution in [0.3, 0.4) is 0 Å². The van der Waals surface area contributed by atoms with E-state index in [1.165, 1.54) is 0 Å². The van der Waals surface area contributed by atoms with Crippen LogP contribution in [0.2, 0.25) is 0 Å². The maximum absolute atomic E-state index is 10.9. The molecule has 1 N–H and O–H groups in total. The lowest BCUT2D eigenvalue weighted by molar-refractivity contribution is 1.05. The minimum absolute atomic E-state index is 0.0701. The zero-order valence-corrected chi connectivity index (χ0v) is 6.45. The van der Waals surface area contributed by atoms with Crippen molar-refractivity contribution in [1.82, 2.24) is 4.98 Å². The lowest BCUT2D eigenvalue weighted by Crippen LogP contribution is -2.05. The summed E-state index contributed by atoms with van der Waals surface area (Å²) in [5.41, 5.74) is 1.94. The molecule has 1 aliphatic rings. The third-order valence-corrected chi connectivity index (χ3v) is 1.77. The number of allylic oxidation sites excluding steroid dienone is 1. The fraction of sp³-hybridized carbons (Fsp3) is 0.111. The maximum atomic E-state index is 10.9. The number of nitrogens with one attached hydrogen (secondary N) is 1. The molecule has 12 heavy (non-hydrogen) atoms. The SMILES string of the molecule is O=c1cc2c(c[nH]1)C=CC=NC2. The molecule has 0 saturated carbocycles. The van der Waals surface area contributed by atoms with Crippen LogP contribution in [-0.2, 0) is 6.54 Å². The van der Waals surface area contributed by atoms with Gasteiger partial charge in [0.15, 0.2) is 0 Å². The van der Waals surface area contributed by atoms with Crippen molar-refractivity contribution in [3.05, 3.63) is 39.8 Å². The van der Waals surface area contributed by atoms with E-state index in [1.807, 2.05) is 12.2 Å². The standard InChI is InChI=1S/C9H8N2O/c12-9-4-8-5-10-3-1-2-7(8)6-11-9/h1-4,6H,5H2,(H,11,12). The predicted octanol–water partition coefficient (Wildman–Crippen LogP) is 0.972. The Labute approximate surface area is 69.5 Å². The van der Waals surface area contributed by atoms with Crippen LogP contribution in [0.1, 0.15) is 11.1 Å². The molecule has 1 aromatic rings. The number of aromatic amines is 1. The Morgan fingerprint density at radius 1 is 1.50 bits per heavy atom. The van der Waals surface area contributed by atoms with E-state index in [0.29, 0.717) is 6.54 Å². The fourth-order valence-corrected chi connectivity index (χ4v) is 1.18. The Hall–Kier alpha value is -1.64. The van der Waals surface area contributed by atoms with Gasteiger partial charge in [0, 0.05) is 18.5 Å². The van der Waals surface area contributed by atoms with E-state index < -0.39 is 0 Å². The number of aromatic nitrogens is 1. The van der Waals surface area contributed by atoms with Gasteiger partial charge in [0.25, 0.3) is 0 Å². The second-order valence-corrected chi connectivity index (χ2v) is 2.63. The first-order valence-electron chi connectivity index (χ1n) is 3.74. The van der Waals surface area contributed by atoms with Gasteiger partial charge in [0.05, 0.1) is 6.54 Å². The average Bonchev–Trinajstić information content (AvgIpc) is 2.28. The highest BCUT2D eigenvalue weighted by Crippen LogP contribution is 2.10. The molecule has 2 rings (SSSR count). The summed E-state index contributed by atoms with van der Waals surface area (Å²) in [4.78, 5) is 17.6. The largest absolute Gasteiger partial charge is 0.328 e. The zero-order chi connectivity index (χ0) is 8.39. The van der Waals surface area contributed by atoms with Gasteiger partial charge >= 0.3 is 0 Å². The minimum Gasteiger partial charge on any atom is -0.328 e. The lowest BCUT2D eigenvalue weighted by Gasteiger charge is -1.98. The normalized spacial score (nSPS) is 14.0. The van der Waals surface area contributed by atoms with Gasteiger partial charge in [-0.15, -0.1) is 0 Å². The first-order chi connectivity index (χ1) is 5.86. The molecular weight excluding hydrogens is 152 g/mol. The van der Waals surface area contributed by atoms with Gasteiger partial charge in [-0.25, -0.2) is 0 Å². The number of rotatable bonds is 0. The van der Waals surface area contributed by atoms with Crippen molar-refractivity contribution in [2.24, 2.45) is 4.99 Å². The highest BCUT2D eigenvalue weighted by Gasteiger charge is 2.00. The molecule has 0 radical (unpaired) electrons. The number of nitrogens with zero attached hydrogens (tertiary/aromatic N) is 1. The molecule has 0 amide bonds. The number of aliphatic imine (C=N–C) groups is 1. The van der Waals surface area contributed by atoms with Crippen LogP contribution in [0.4, 0.5) is 0 Å². The first-order valence-corrected chi connectivity index (χ1v) is 3.74. The Bertz CT molecular complexity index is 401. The number of hydrogen-bond donors (Lipinski definition) is 1. The monoisotopic (exact) mass is 160 g/mol. The van der Waals surface area contributed by atoms with Crippen molar-refractivity contribution in [2.75, 3.05) is 0 Å². The maximum Gasteiger partial charge on any atom is 0.248 e. The Balaban J connectivity index is 2.60. The molecule has 0 aromatic carbocycles. The number of hydrogen-bond acceptors (Lipinski definition) is 2. The Kier molecular flexibility index (Phi) is 1.63. The summed E-state index contributed by atoms with van der Waals surface area (Å²) < 4.78 is 0. The van der Waals surface area contributed by atoms with Crippen LogP contribution in [0, 0.1) is 0 Å². The fourth-order valence-electron chi connectivity index (χ4n) is 1.18. The summed E-state index contributed by atoms with van der Waals surface area (Å²) in [6.07, 6.45) is 7.25.